The van der Waals surface area contributed by atoms with Gasteiger partial charge in [0.1, 0.15) is 11.8 Å². The Labute approximate surface area is 149 Å². The summed E-state index contributed by atoms with van der Waals surface area (Å²) in [7, 11) is 3.16. The molecule has 2 rings (SSSR count). The number of ether oxygens (including phenoxy) is 1. The third kappa shape index (κ3) is 5.64. The van der Waals surface area contributed by atoms with E-state index in [1.807, 2.05) is 0 Å². The summed E-state index contributed by atoms with van der Waals surface area (Å²) in [5, 5.41) is 14.9. The van der Waals surface area contributed by atoms with Crippen LogP contribution in [0.3, 0.4) is 0 Å². The Morgan fingerprint density at radius 3 is 2.56 bits per heavy atom. The number of hydrogen-bond acceptors (Lipinski definition) is 6. The van der Waals surface area contributed by atoms with Gasteiger partial charge in [-0.2, -0.15) is 0 Å². The van der Waals surface area contributed by atoms with Gasteiger partial charge in [-0.3, -0.25) is 10.1 Å². The van der Waals surface area contributed by atoms with Gasteiger partial charge in [0, 0.05) is 32.1 Å². The highest BCUT2D eigenvalue weighted by Crippen LogP contribution is 2.15. The molecule has 0 spiro atoms. The van der Waals surface area contributed by atoms with Gasteiger partial charge in [-0.15, -0.1) is 11.8 Å². The van der Waals surface area contributed by atoms with Crippen LogP contribution in [0.2, 0.25) is 0 Å². The molecular formula is C16H21N3O5S. The molecule has 1 aromatic carbocycles. The number of carbonyl (C=O) groups is 3. The Morgan fingerprint density at radius 1 is 1.36 bits per heavy atom. The summed E-state index contributed by atoms with van der Waals surface area (Å²) in [4.78, 5) is 36.3. The summed E-state index contributed by atoms with van der Waals surface area (Å²) in [5.41, 5.74) is 0.714. The average Bonchev–Trinajstić information content (AvgIpc) is 3.10. The van der Waals surface area contributed by atoms with Gasteiger partial charge in [-0.05, 0) is 17.7 Å². The first kappa shape index (κ1) is 19.1. The molecule has 0 saturated carbocycles. The molecule has 0 aliphatic carbocycles. The highest BCUT2D eigenvalue weighted by atomic mass is 32.2. The molecule has 2 amide bonds. The van der Waals surface area contributed by atoms with Crippen molar-refractivity contribution in [3.8, 4) is 5.75 Å². The SMILES string of the molecule is CN(C)C(=O)Oc1ccc(C[C@H](NC(=O)[C@@H]2CSCN2)C(=O)O)cc1. The lowest BCUT2D eigenvalue weighted by atomic mass is 10.1. The van der Waals surface area contributed by atoms with Crippen LogP contribution in [0.5, 0.6) is 5.75 Å². The highest BCUT2D eigenvalue weighted by Gasteiger charge is 2.27. The van der Waals surface area contributed by atoms with Crippen molar-refractivity contribution in [2.24, 2.45) is 0 Å². The quantitative estimate of drug-likeness (QED) is 0.673. The van der Waals surface area contributed by atoms with Crippen LogP contribution in [0, 0.1) is 0 Å². The van der Waals surface area contributed by atoms with Crippen molar-refractivity contribution in [2.75, 3.05) is 25.7 Å². The Hall–Kier alpha value is -2.26. The number of carbonyl (C=O) groups excluding carboxylic acids is 2. The standard InChI is InChI=1S/C16H21N3O5S/c1-19(2)16(23)24-11-5-3-10(4-6-11)7-12(15(21)22)18-14(20)13-8-25-9-17-13/h3-6,12-13,17H,7-9H2,1-2H3,(H,18,20)(H,21,22)/t12-,13-/m0/s1. The monoisotopic (exact) mass is 367 g/mol. The minimum Gasteiger partial charge on any atom is -0.480 e. The molecule has 0 aromatic heterocycles. The average molecular weight is 367 g/mol. The number of nitrogens with zero attached hydrogens (tertiary/aromatic N) is 1. The number of carboxylic acids is 1. The summed E-state index contributed by atoms with van der Waals surface area (Å²) in [5.74, 6) is 0.272. The van der Waals surface area contributed by atoms with Crippen molar-refractivity contribution in [2.45, 2.75) is 18.5 Å². The van der Waals surface area contributed by atoms with Gasteiger partial charge in [-0.25, -0.2) is 9.59 Å². The second-order valence-electron chi connectivity index (χ2n) is 5.78. The second-order valence-corrected chi connectivity index (χ2v) is 6.81. The smallest absolute Gasteiger partial charge is 0.414 e. The molecule has 1 saturated heterocycles. The summed E-state index contributed by atoms with van der Waals surface area (Å²) >= 11 is 1.59. The van der Waals surface area contributed by atoms with Crippen LogP contribution in [0.4, 0.5) is 4.79 Å². The van der Waals surface area contributed by atoms with Gasteiger partial charge in [0.05, 0.1) is 6.04 Å². The van der Waals surface area contributed by atoms with Crippen molar-refractivity contribution in [3.05, 3.63) is 29.8 Å². The van der Waals surface area contributed by atoms with E-state index in [-0.39, 0.29) is 18.4 Å². The minimum absolute atomic E-state index is 0.142. The normalized spacial score (nSPS) is 17.6. The van der Waals surface area contributed by atoms with Crippen molar-refractivity contribution in [3.63, 3.8) is 0 Å². The van der Waals surface area contributed by atoms with E-state index in [1.165, 1.54) is 4.90 Å². The maximum Gasteiger partial charge on any atom is 0.414 e. The maximum atomic E-state index is 12.1. The van der Waals surface area contributed by atoms with Crippen LogP contribution in [-0.4, -0.2) is 65.8 Å². The molecule has 1 heterocycles. The van der Waals surface area contributed by atoms with E-state index in [9.17, 15) is 19.5 Å². The number of aliphatic carboxylic acids is 1. The van der Waals surface area contributed by atoms with E-state index in [2.05, 4.69) is 10.6 Å². The van der Waals surface area contributed by atoms with Gasteiger partial charge >= 0.3 is 12.1 Å². The fourth-order valence-electron chi connectivity index (χ4n) is 2.16. The topological polar surface area (TPSA) is 108 Å². The minimum atomic E-state index is -1.10. The van der Waals surface area contributed by atoms with E-state index >= 15 is 0 Å². The first-order chi connectivity index (χ1) is 11.9. The van der Waals surface area contributed by atoms with E-state index in [0.29, 0.717) is 22.9 Å². The van der Waals surface area contributed by atoms with Crippen LogP contribution in [-0.2, 0) is 16.0 Å². The van der Waals surface area contributed by atoms with Crippen LogP contribution in [0.25, 0.3) is 0 Å². The molecular weight excluding hydrogens is 346 g/mol. The summed E-state index contributed by atoms with van der Waals surface area (Å²) < 4.78 is 5.11. The molecule has 1 aromatic rings. The molecule has 1 aliphatic rings. The molecule has 2 atom stereocenters. The number of carboxylic acid groups (broad SMARTS) is 1. The Morgan fingerprint density at radius 2 is 2.04 bits per heavy atom. The predicted molar refractivity (Wildman–Crippen MR) is 93.7 cm³/mol. The first-order valence-corrected chi connectivity index (χ1v) is 8.84. The van der Waals surface area contributed by atoms with Gasteiger partial charge in [0.15, 0.2) is 0 Å². The van der Waals surface area contributed by atoms with Crippen LogP contribution in [0.15, 0.2) is 24.3 Å². The zero-order valence-corrected chi connectivity index (χ0v) is 14.8. The Kier molecular flexibility index (Phi) is 6.65. The lowest BCUT2D eigenvalue weighted by molar-refractivity contribution is -0.142. The Balaban J connectivity index is 1.95. The van der Waals surface area contributed by atoms with Gasteiger partial charge in [-0.1, -0.05) is 12.1 Å². The number of amides is 2. The van der Waals surface area contributed by atoms with Gasteiger partial charge in [0.25, 0.3) is 0 Å². The lowest BCUT2D eigenvalue weighted by Crippen LogP contribution is -2.50. The number of benzene rings is 1. The molecule has 1 aliphatic heterocycles. The van der Waals surface area contributed by atoms with E-state index < -0.39 is 18.1 Å². The summed E-state index contributed by atoms with van der Waals surface area (Å²) in [6, 6.07) is 5.14. The van der Waals surface area contributed by atoms with Crippen LogP contribution < -0.4 is 15.4 Å². The molecule has 8 nitrogen and oxygen atoms in total. The molecule has 25 heavy (non-hydrogen) atoms. The fourth-order valence-corrected chi connectivity index (χ4v) is 3.10. The fraction of sp³-hybridized carbons (Fsp3) is 0.438. The second kappa shape index (κ2) is 8.72. The van der Waals surface area contributed by atoms with Crippen molar-refractivity contribution in [1.29, 1.82) is 0 Å². The molecule has 3 N–H and O–H groups in total. The first-order valence-electron chi connectivity index (χ1n) is 7.69. The highest BCUT2D eigenvalue weighted by molar-refractivity contribution is 7.99. The van der Waals surface area contributed by atoms with Crippen LogP contribution >= 0.6 is 11.8 Å². The van der Waals surface area contributed by atoms with E-state index in [0.717, 1.165) is 0 Å². The molecule has 0 bridgehead atoms. The number of nitrogens with one attached hydrogen (secondary N) is 2. The number of rotatable bonds is 6. The van der Waals surface area contributed by atoms with Gasteiger partial charge < -0.3 is 20.1 Å². The number of hydrogen-bond donors (Lipinski definition) is 3. The largest absolute Gasteiger partial charge is 0.480 e. The summed E-state index contributed by atoms with van der Waals surface area (Å²) in [6.45, 7) is 0. The van der Waals surface area contributed by atoms with Gasteiger partial charge in [0.2, 0.25) is 5.91 Å². The molecule has 0 radical (unpaired) electrons. The number of thioether (sulfide) groups is 1. The lowest BCUT2D eigenvalue weighted by Gasteiger charge is -2.17. The van der Waals surface area contributed by atoms with Crippen LogP contribution in [0.1, 0.15) is 5.56 Å². The van der Waals surface area contributed by atoms with E-state index in [4.69, 9.17) is 4.74 Å². The molecule has 9 heteroatoms. The third-order valence-electron chi connectivity index (χ3n) is 3.58. The molecule has 0 unspecified atom stereocenters. The molecule has 1 fully saturated rings. The van der Waals surface area contributed by atoms with Crippen molar-refractivity contribution >= 4 is 29.7 Å². The summed E-state index contributed by atoms with van der Waals surface area (Å²) in [6.07, 6.45) is -0.353. The molecule has 136 valence electrons. The zero-order chi connectivity index (χ0) is 18.4. The predicted octanol–water partition coefficient (Wildman–Crippen LogP) is 0.521. The van der Waals surface area contributed by atoms with Crippen molar-refractivity contribution < 1.29 is 24.2 Å². The zero-order valence-electron chi connectivity index (χ0n) is 14.0. The Bertz CT molecular complexity index is 629. The third-order valence-corrected chi connectivity index (χ3v) is 4.52. The van der Waals surface area contributed by atoms with Crippen molar-refractivity contribution in [1.82, 2.24) is 15.5 Å². The maximum absolute atomic E-state index is 12.1. The van der Waals surface area contributed by atoms with E-state index in [1.54, 1.807) is 50.1 Å².